The number of hydrogen-bond donors (Lipinski definition) is 5. The molecule has 0 radical (unpaired) electrons. The normalized spacial score (nSPS) is 26.9. The molecular formula is C37H40N4O6. The summed E-state index contributed by atoms with van der Waals surface area (Å²) in [6, 6.07) is 20.6. The second-order valence-electron chi connectivity index (χ2n) is 13.5. The van der Waals surface area contributed by atoms with Crippen molar-refractivity contribution in [2.75, 3.05) is 26.2 Å². The van der Waals surface area contributed by atoms with Crippen molar-refractivity contribution in [3.8, 4) is 5.75 Å². The third-order valence-electron chi connectivity index (χ3n) is 11.0. The van der Waals surface area contributed by atoms with Crippen LogP contribution in [0.3, 0.4) is 0 Å². The predicted molar refractivity (Wildman–Crippen MR) is 174 cm³/mol. The van der Waals surface area contributed by atoms with Crippen molar-refractivity contribution in [3.63, 3.8) is 0 Å². The Balaban J connectivity index is 1.07. The fraction of sp³-hybridized carbons (Fsp3) is 0.405. The fourth-order valence-electron chi connectivity index (χ4n) is 8.50. The Morgan fingerprint density at radius 3 is 2.49 bits per heavy atom. The summed E-state index contributed by atoms with van der Waals surface area (Å²) in [4.78, 5) is 52.3. The second-order valence-corrected chi connectivity index (χ2v) is 13.5. The maximum absolute atomic E-state index is 13.4. The highest BCUT2D eigenvalue weighted by molar-refractivity contribution is 6.00. The number of carbonyl (C=O) groups excluding carboxylic acids is 4. The fourth-order valence-corrected chi connectivity index (χ4v) is 8.50. The van der Waals surface area contributed by atoms with Crippen molar-refractivity contribution in [1.82, 2.24) is 20.9 Å². The molecule has 2 heterocycles. The predicted octanol–water partition coefficient (Wildman–Crippen LogP) is 2.88. The first-order chi connectivity index (χ1) is 22.7. The molecular weight excluding hydrogens is 596 g/mol. The molecule has 3 aromatic rings. The summed E-state index contributed by atoms with van der Waals surface area (Å²) in [7, 11) is 0. The summed E-state index contributed by atoms with van der Waals surface area (Å²) in [6.07, 6.45) is 3.26. The highest BCUT2D eigenvalue weighted by Gasteiger charge is 2.65. The molecule has 0 spiro atoms. The molecule has 0 aromatic heterocycles. The lowest BCUT2D eigenvalue weighted by molar-refractivity contribution is -0.172. The molecule has 2 saturated heterocycles. The molecule has 244 valence electrons. The van der Waals surface area contributed by atoms with Crippen molar-refractivity contribution in [2.24, 2.45) is 0 Å². The number of fused-ring (bicyclic) bond motifs is 1. The topological polar surface area (TPSA) is 148 Å². The van der Waals surface area contributed by atoms with Crippen LogP contribution in [0.2, 0.25) is 0 Å². The number of imide groups is 1. The van der Waals surface area contributed by atoms with Gasteiger partial charge in [0.2, 0.25) is 5.91 Å². The Bertz CT molecular complexity index is 1730. The van der Waals surface area contributed by atoms with E-state index < -0.39 is 28.9 Å². The molecule has 5 N–H and O–H groups in total. The first kappa shape index (κ1) is 31.1. The smallest absolute Gasteiger partial charge is 0.321 e. The third-order valence-corrected chi connectivity index (χ3v) is 11.0. The number of phenolic OH excluding ortho intramolecular Hbond substituents is 1. The molecule has 1 saturated carbocycles. The second kappa shape index (κ2) is 12.2. The van der Waals surface area contributed by atoms with Crippen LogP contribution < -0.4 is 16.0 Å². The van der Waals surface area contributed by atoms with Gasteiger partial charge in [0.25, 0.3) is 5.91 Å². The van der Waals surface area contributed by atoms with Crippen LogP contribution in [0.25, 0.3) is 0 Å². The monoisotopic (exact) mass is 636 g/mol. The summed E-state index contributed by atoms with van der Waals surface area (Å²) < 4.78 is 0. The van der Waals surface area contributed by atoms with Gasteiger partial charge in [0.05, 0.1) is 17.1 Å². The van der Waals surface area contributed by atoms with Gasteiger partial charge in [-0.15, -0.1) is 0 Å². The largest absolute Gasteiger partial charge is 0.507 e. The molecule has 10 heteroatoms. The van der Waals surface area contributed by atoms with E-state index in [1.165, 1.54) is 5.56 Å². The van der Waals surface area contributed by atoms with E-state index in [1.807, 2.05) is 48.5 Å². The number of hydrogen-bond acceptors (Lipinski definition) is 7. The summed E-state index contributed by atoms with van der Waals surface area (Å²) in [6.45, 7) is 2.05. The Morgan fingerprint density at radius 1 is 0.957 bits per heavy atom. The number of amides is 4. The van der Waals surface area contributed by atoms with Crippen LogP contribution >= 0.6 is 0 Å². The number of phenols is 1. The van der Waals surface area contributed by atoms with E-state index in [1.54, 1.807) is 6.07 Å². The van der Waals surface area contributed by atoms with Crippen molar-refractivity contribution >= 4 is 23.6 Å². The minimum absolute atomic E-state index is 0.0770. The minimum atomic E-state index is -1.19. The van der Waals surface area contributed by atoms with Crippen LogP contribution in [-0.4, -0.2) is 76.6 Å². The number of carbonyl (C=O) groups is 4. The number of aromatic hydroxyl groups is 1. The van der Waals surface area contributed by atoms with Gasteiger partial charge in [0.1, 0.15) is 11.5 Å². The minimum Gasteiger partial charge on any atom is -0.507 e. The van der Waals surface area contributed by atoms with Gasteiger partial charge in [-0.05, 0) is 67.0 Å². The third kappa shape index (κ3) is 5.49. The average molecular weight is 637 g/mol. The van der Waals surface area contributed by atoms with Gasteiger partial charge in [-0.1, -0.05) is 60.7 Å². The van der Waals surface area contributed by atoms with E-state index in [0.29, 0.717) is 50.8 Å². The lowest BCUT2D eigenvalue weighted by Crippen LogP contribution is -2.73. The number of nitrogens with one attached hydrogen (secondary N) is 3. The quantitative estimate of drug-likeness (QED) is 0.256. The molecule has 4 amide bonds. The van der Waals surface area contributed by atoms with E-state index in [2.05, 4.69) is 33.0 Å². The summed E-state index contributed by atoms with van der Waals surface area (Å²) in [5, 5.41) is 32.1. The van der Waals surface area contributed by atoms with E-state index in [-0.39, 0.29) is 42.0 Å². The van der Waals surface area contributed by atoms with E-state index in [0.717, 1.165) is 29.7 Å². The summed E-state index contributed by atoms with van der Waals surface area (Å²) in [5.74, 6) is -1.26. The van der Waals surface area contributed by atoms with Crippen LogP contribution in [0.4, 0.5) is 4.79 Å². The lowest BCUT2D eigenvalue weighted by Gasteiger charge is -2.63. The molecule has 47 heavy (non-hydrogen) atoms. The van der Waals surface area contributed by atoms with Crippen LogP contribution in [0.15, 0.2) is 66.7 Å². The number of aliphatic hydroxyl groups is 1. The number of ketones is 1. The number of Topliss-reactive ketones (excluding diaryl/α,β-unsaturated/α-hetero) is 1. The molecule has 1 unspecified atom stereocenters. The Kier molecular flexibility index (Phi) is 8.09. The zero-order chi connectivity index (χ0) is 32.8. The van der Waals surface area contributed by atoms with Gasteiger partial charge in [-0.3, -0.25) is 24.6 Å². The number of urea groups is 1. The molecule has 10 nitrogen and oxygen atoms in total. The van der Waals surface area contributed by atoms with Gasteiger partial charge in [-0.25, -0.2) is 4.79 Å². The highest BCUT2D eigenvalue weighted by Crippen LogP contribution is 2.59. The van der Waals surface area contributed by atoms with Gasteiger partial charge in [-0.2, -0.15) is 0 Å². The van der Waals surface area contributed by atoms with Gasteiger partial charge >= 0.3 is 6.03 Å². The molecule has 3 fully saturated rings. The maximum atomic E-state index is 13.4. The van der Waals surface area contributed by atoms with Crippen LogP contribution in [-0.2, 0) is 34.3 Å². The van der Waals surface area contributed by atoms with E-state index >= 15 is 0 Å². The number of nitrogens with zero attached hydrogens (tertiary/aromatic N) is 1. The molecule has 2 aliphatic carbocycles. The van der Waals surface area contributed by atoms with E-state index in [9.17, 15) is 29.4 Å². The first-order valence-electron chi connectivity index (χ1n) is 16.5. The lowest BCUT2D eigenvalue weighted by atomic mass is 9.49. The summed E-state index contributed by atoms with van der Waals surface area (Å²) >= 11 is 0. The van der Waals surface area contributed by atoms with E-state index in [4.69, 9.17) is 0 Å². The van der Waals surface area contributed by atoms with Crippen LogP contribution in [0.1, 0.15) is 69.8 Å². The van der Waals surface area contributed by atoms with Gasteiger partial charge < -0.3 is 20.8 Å². The molecule has 2 aliphatic heterocycles. The zero-order valence-electron chi connectivity index (χ0n) is 26.3. The summed E-state index contributed by atoms with van der Waals surface area (Å²) in [5.41, 5.74) is 2.45. The SMILES string of the molecule is O=C1CC[C@@]2(O)[C@H]3Cc4ccc(C(=O)NCCc5ccc(C6CNC(=O)NC6=O)cc5)c(O)c4[C@@]2(CCN3CCc2ccccc2)C1. The van der Waals surface area contributed by atoms with Gasteiger partial charge in [0.15, 0.2) is 0 Å². The number of rotatable bonds is 8. The molecule has 2 bridgehead atoms. The molecule has 4 aliphatic rings. The van der Waals surface area contributed by atoms with Crippen LogP contribution in [0.5, 0.6) is 5.75 Å². The average Bonchev–Trinajstić information content (AvgIpc) is 3.05. The van der Waals surface area contributed by atoms with Crippen molar-refractivity contribution in [3.05, 3.63) is 100 Å². The van der Waals surface area contributed by atoms with Crippen molar-refractivity contribution < 1.29 is 29.4 Å². The number of benzene rings is 3. The molecule has 4 atom stereocenters. The van der Waals surface area contributed by atoms with Crippen molar-refractivity contribution in [1.29, 1.82) is 0 Å². The standard InChI is InChI=1S/C37H40N4O6/c42-27-12-15-37(47)30-20-26-10-11-28(32(43)31(26)36(37,21-27)16-19-41(30)18-14-23-4-2-1-3-5-23)33(44)38-17-13-24-6-8-25(9-7-24)29-22-39-35(46)40-34(29)45/h1-11,29-30,43,47H,12-22H2,(H,38,44)(H2,39,40,45,46)/t29?,30-,36-,37-/m1/s1. The molecule has 7 rings (SSSR count). The van der Waals surface area contributed by atoms with Crippen LogP contribution in [0, 0.1) is 0 Å². The molecule has 3 aromatic carbocycles. The maximum Gasteiger partial charge on any atom is 0.321 e. The highest BCUT2D eigenvalue weighted by atomic mass is 16.3. The first-order valence-corrected chi connectivity index (χ1v) is 16.5. The van der Waals surface area contributed by atoms with Gasteiger partial charge in [0, 0.05) is 49.5 Å². The Hall–Kier alpha value is -4.54. The number of piperidine rings is 1. The van der Waals surface area contributed by atoms with Crippen molar-refractivity contribution in [2.45, 2.75) is 67.9 Å². The zero-order valence-corrected chi connectivity index (χ0v) is 26.3. The Labute approximate surface area is 273 Å². The number of likely N-dealkylation sites (tertiary alicyclic amines) is 1. The Morgan fingerprint density at radius 2 is 1.72 bits per heavy atom.